The van der Waals surface area contributed by atoms with E-state index >= 15 is 0 Å². The second-order valence-corrected chi connectivity index (χ2v) is 15.1. The lowest BCUT2D eigenvalue weighted by molar-refractivity contribution is 0.399. The van der Waals surface area contributed by atoms with Gasteiger partial charge in [-0.1, -0.05) is 32.1 Å². The SMILES string of the molecule is CO[Si](C)(C)CCCCCCC[Si](C)(C)OC. The van der Waals surface area contributed by atoms with Gasteiger partial charge in [0.25, 0.3) is 0 Å². The first-order valence-corrected chi connectivity index (χ1v) is 13.2. The molecular weight excluding hydrogens is 244 g/mol. The van der Waals surface area contributed by atoms with Crippen LogP contribution in [-0.4, -0.2) is 30.9 Å². The summed E-state index contributed by atoms with van der Waals surface area (Å²) >= 11 is 0. The number of rotatable bonds is 10. The second-order valence-electron chi connectivity index (χ2n) is 6.20. The summed E-state index contributed by atoms with van der Waals surface area (Å²) in [5.41, 5.74) is 0. The van der Waals surface area contributed by atoms with Crippen LogP contribution in [0.3, 0.4) is 0 Å². The third-order valence-electron chi connectivity index (χ3n) is 3.66. The largest absolute Gasteiger partial charge is 0.420 e. The average molecular weight is 277 g/mol. The lowest BCUT2D eigenvalue weighted by Gasteiger charge is -2.20. The van der Waals surface area contributed by atoms with Crippen molar-refractivity contribution in [3.63, 3.8) is 0 Å². The highest BCUT2D eigenvalue weighted by Gasteiger charge is 2.20. The molecule has 0 heterocycles. The lowest BCUT2D eigenvalue weighted by Crippen LogP contribution is -2.28. The first-order valence-electron chi connectivity index (χ1n) is 6.93. The summed E-state index contributed by atoms with van der Waals surface area (Å²) in [6.45, 7) is 9.22. The summed E-state index contributed by atoms with van der Waals surface area (Å²) in [7, 11) is 1.14. The third-order valence-corrected chi connectivity index (χ3v) is 8.99. The zero-order valence-corrected chi connectivity index (χ0v) is 14.8. The third kappa shape index (κ3) is 10.0. The van der Waals surface area contributed by atoms with Crippen LogP contribution in [0.4, 0.5) is 0 Å². The van der Waals surface area contributed by atoms with Crippen molar-refractivity contribution in [2.24, 2.45) is 0 Å². The van der Waals surface area contributed by atoms with E-state index in [1.54, 1.807) is 0 Å². The maximum atomic E-state index is 5.55. The maximum Gasteiger partial charge on any atom is 0.186 e. The molecule has 0 amide bonds. The molecule has 0 aromatic heterocycles. The Morgan fingerprint density at radius 1 is 0.588 bits per heavy atom. The van der Waals surface area contributed by atoms with Gasteiger partial charge in [0.2, 0.25) is 0 Å². The van der Waals surface area contributed by atoms with Crippen LogP contribution in [0, 0.1) is 0 Å². The van der Waals surface area contributed by atoms with Gasteiger partial charge >= 0.3 is 0 Å². The van der Waals surface area contributed by atoms with Gasteiger partial charge in [-0.2, -0.15) is 0 Å². The van der Waals surface area contributed by atoms with E-state index in [0.29, 0.717) is 0 Å². The van der Waals surface area contributed by atoms with Gasteiger partial charge in [0.1, 0.15) is 0 Å². The van der Waals surface area contributed by atoms with E-state index in [1.165, 1.54) is 44.2 Å². The molecule has 0 saturated heterocycles. The smallest absolute Gasteiger partial charge is 0.186 e. The molecule has 0 N–H and O–H groups in total. The Balaban J connectivity index is 3.36. The molecule has 2 nitrogen and oxygen atoms in total. The molecule has 4 heteroatoms. The predicted molar refractivity (Wildman–Crippen MR) is 81.7 cm³/mol. The maximum absolute atomic E-state index is 5.55. The van der Waals surface area contributed by atoms with Crippen LogP contribution in [-0.2, 0) is 8.85 Å². The van der Waals surface area contributed by atoms with Gasteiger partial charge in [0.15, 0.2) is 16.6 Å². The normalized spacial score (nSPS) is 13.1. The Morgan fingerprint density at radius 3 is 1.18 bits per heavy atom. The van der Waals surface area contributed by atoms with Crippen LogP contribution in [0.25, 0.3) is 0 Å². The van der Waals surface area contributed by atoms with Gasteiger partial charge in [-0.15, -0.1) is 0 Å². The first-order chi connectivity index (χ1) is 7.83. The number of hydrogen-bond donors (Lipinski definition) is 0. The van der Waals surface area contributed by atoms with E-state index in [0.717, 1.165) is 0 Å². The Hall–Kier alpha value is 0.354. The van der Waals surface area contributed by atoms with Crippen molar-refractivity contribution < 1.29 is 8.85 Å². The first kappa shape index (κ1) is 17.4. The van der Waals surface area contributed by atoms with E-state index in [-0.39, 0.29) is 0 Å². The molecule has 0 saturated carbocycles. The highest BCUT2D eigenvalue weighted by molar-refractivity contribution is 6.71. The molecule has 0 aliphatic carbocycles. The summed E-state index contributed by atoms with van der Waals surface area (Å²) in [6.07, 6.45) is 6.81. The van der Waals surface area contributed by atoms with Crippen LogP contribution < -0.4 is 0 Å². The van der Waals surface area contributed by atoms with Gasteiger partial charge in [0, 0.05) is 14.2 Å². The molecule has 0 radical (unpaired) electrons. The second kappa shape index (κ2) is 8.45. The van der Waals surface area contributed by atoms with Crippen molar-refractivity contribution in [3.05, 3.63) is 0 Å². The van der Waals surface area contributed by atoms with Gasteiger partial charge in [-0.05, 0) is 38.3 Å². The van der Waals surface area contributed by atoms with Crippen molar-refractivity contribution in [1.29, 1.82) is 0 Å². The molecule has 0 unspecified atom stereocenters. The molecule has 0 aromatic carbocycles. The minimum absolute atomic E-state index is 1.29. The summed E-state index contributed by atoms with van der Waals surface area (Å²) in [5, 5.41) is 0. The molecular formula is C13H32O2Si2. The summed E-state index contributed by atoms with van der Waals surface area (Å²) in [6, 6.07) is 2.61. The zero-order valence-electron chi connectivity index (χ0n) is 12.8. The Morgan fingerprint density at radius 2 is 0.882 bits per heavy atom. The molecule has 0 fully saturated rings. The molecule has 0 spiro atoms. The van der Waals surface area contributed by atoms with Crippen molar-refractivity contribution in [2.75, 3.05) is 14.2 Å². The highest BCUT2D eigenvalue weighted by Crippen LogP contribution is 2.18. The zero-order chi connectivity index (χ0) is 13.4. The van der Waals surface area contributed by atoms with Crippen LogP contribution in [0.15, 0.2) is 0 Å². The van der Waals surface area contributed by atoms with Gasteiger partial charge in [-0.25, -0.2) is 0 Å². The van der Waals surface area contributed by atoms with Gasteiger partial charge < -0.3 is 8.85 Å². The van der Waals surface area contributed by atoms with Crippen molar-refractivity contribution in [2.45, 2.75) is 70.4 Å². The predicted octanol–water partition coefficient (Wildman–Crippen LogP) is 4.64. The topological polar surface area (TPSA) is 18.5 Å². The van der Waals surface area contributed by atoms with Crippen LogP contribution in [0.5, 0.6) is 0 Å². The standard InChI is InChI=1S/C13H32O2Si2/c1-14-16(3,4)12-10-8-7-9-11-13-17(5,6)15-2/h7-13H2,1-6H3. The fourth-order valence-electron chi connectivity index (χ4n) is 1.84. The van der Waals surface area contributed by atoms with E-state index in [4.69, 9.17) is 8.85 Å². The molecule has 104 valence electrons. The van der Waals surface area contributed by atoms with Crippen molar-refractivity contribution >= 4 is 16.6 Å². The van der Waals surface area contributed by atoms with Crippen molar-refractivity contribution in [3.8, 4) is 0 Å². The van der Waals surface area contributed by atoms with E-state index in [2.05, 4.69) is 26.2 Å². The Kier molecular flexibility index (Phi) is 8.63. The van der Waals surface area contributed by atoms with E-state index in [9.17, 15) is 0 Å². The molecule has 0 atom stereocenters. The summed E-state index contributed by atoms with van der Waals surface area (Å²) < 4.78 is 11.1. The highest BCUT2D eigenvalue weighted by atomic mass is 28.4. The molecule has 0 aliphatic rings. The minimum atomic E-state index is -1.29. The Labute approximate surface area is 110 Å². The average Bonchev–Trinajstić information content (AvgIpc) is 2.27. The van der Waals surface area contributed by atoms with E-state index < -0.39 is 16.6 Å². The Bertz CT molecular complexity index is 174. The van der Waals surface area contributed by atoms with Gasteiger partial charge in [-0.3, -0.25) is 0 Å². The summed E-state index contributed by atoms with van der Waals surface area (Å²) in [5.74, 6) is 0. The fraction of sp³-hybridized carbons (Fsp3) is 1.00. The van der Waals surface area contributed by atoms with Crippen LogP contribution in [0.2, 0.25) is 38.3 Å². The minimum Gasteiger partial charge on any atom is -0.420 e. The van der Waals surface area contributed by atoms with Crippen LogP contribution in [0.1, 0.15) is 32.1 Å². The fourth-order valence-corrected chi connectivity index (χ4v) is 4.45. The molecule has 0 aliphatic heterocycles. The quantitative estimate of drug-likeness (QED) is 0.427. The van der Waals surface area contributed by atoms with Crippen molar-refractivity contribution in [1.82, 2.24) is 0 Å². The lowest BCUT2D eigenvalue weighted by atomic mass is 10.2. The van der Waals surface area contributed by atoms with Crippen LogP contribution >= 0.6 is 0 Å². The van der Waals surface area contributed by atoms with E-state index in [1.807, 2.05) is 14.2 Å². The number of unbranched alkanes of at least 4 members (excludes halogenated alkanes) is 4. The van der Waals surface area contributed by atoms with Gasteiger partial charge in [0.05, 0.1) is 0 Å². The summed E-state index contributed by atoms with van der Waals surface area (Å²) in [4.78, 5) is 0. The molecule has 0 aromatic rings. The number of hydrogen-bond acceptors (Lipinski definition) is 2. The molecule has 0 bridgehead atoms. The molecule has 17 heavy (non-hydrogen) atoms. The monoisotopic (exact) mass is 276 g/mol. The molecule has 0 rings (SSSR count).